The fourth-order valence-electron chi connectivity index (χ4n) is 9.15. The Labute approximate surface area is 422 Å². The average Bonchev–Trinajstić information content (AvgIpc) is 3.32. The number of hydrogen-bond acceptors (Lipinski definition) is 11. The first kappa shape index (κ1) is 65.4. The quantitative estimate of drug-likeness (QED) is 0.0196. The van der Waals surface area contributed by atoms with Crippen molar-refractivity contribution in [1.29, 1.82) is 0 Å². The van der Waals surface area contributed by atoms with Crippen molar-refractivity contribution < 1.29 is 56.8 Å². The molecule has 2 unspecified atom stereocenters. The first-order valence-corrected chi connectivity index (χ1v) is 30.4. The van der Waals surface area contributed by atoms with E-state index in [1.54, 1.807) is 0 Å². The van der Waals surface area contributed by atoms with Gasteiger partial charge in [-0.05, 0) is 38.5 Å². The Morgan fingerprint density at radius 1 is 0.478 bits per heavy atom. The van der Waals surface area contributed by atoms with Crippen molar-refractivity contribution in [1.82, 2.24) is 0 Å². The van der Waals surface area contributed by atoms with Crippen molar-refractivity contribution in [2.45, 2.75) is 314 Å². The molecule has 4 N–H and O–H groups in total. The number of hydrogen-bond donors (Lipinski definition) is 4. The van der Waals surface area contributed by atoms with Gasteiger partial charge in [0, 0.05) is 12.8 Å². The molecular formula is C56H106O12S. The van der Waals surface area contributed by atoms with Crippen LogP contribution in [0, 0.1) is 0 Å². The van der Waals surface area contributed by atoms with Crippen molar-refractivity contribution in [2.24, 2.45) is 0 Å². The summed E-state index contributed by atoms with van der Waals surface area (Å²) in [5.41, 5.74) is 0. The number of carbonyl (C=O) groups is 2. The van der Waals surface area contributed by atoms with Crippen LogP contribution < -0.4 is 0 Å². The Balaban J connectivity index is 2.30. The van der Waals surface area contributed by atoms with Gasteiger partial charge in [0.25, 0.3) is 10.1 Å². The largest absolute Gasteiger partial charge is 0.462 e. The van der Waals surface area contributed by atoms with Gasteiger partial charge >= 0.3 is 11.9 Å². The molecule has 1 rings (SSSR count). The van der Waals surface area contributed by atoms with Crippen molar-refractivity contribution >= 4 is 22.1 Å². The van der Waals surface area contributed by atoms with E-state index in [0.717, 1.165) is 38.5 Å². The van der Waals surface area contributed by atoms with Gasteiger partial charge in [0.15, 0.2) is 12.4 Å². The van der Waals surface area contributed by atoms with Crippen LogP contribution in [0.15, 0.2) is 12.2 Å². The molecule has 13 heteroatoms. The summed E-state index contributed by atoms with van der Waals surface area (Å²) in [7, 11) is -4.60. The van der Waals surface area contributed by atoms with Gasteiger partial charge in [-0.3, -0.25) is 14.1 Å². The summed E-state index contributed by atoms with van der Waals surface area (Å²) < 4.78 is 54.4. The Morgan fingerprint density at radius 2 is 0.826 bits per heavy atom. The van der Waals surface area contributed by atoms with E-state index in [-0.39, 0.29) is 19.4 Å². The summed E-state index contributed by atoms with van der Waals surface area (Å²) in [5, 5.41) is 31.0. The lowest BCUT2D eigenvalue weighted by atomic mass is 10.00. The van der Waals surface area contributed by atoms with Crippen LogP contribution in [0.1, 0.15) is 277 Å². The van der Waals surface area contributed by atoms with Crippen LogP contribution in [0.4, 0.5) is 0 Å². The van der Waals surface area contributed by atoms with Gasteiger partial charge in [0.2, 0.25) is 0 Å². The Hall–Kier alpha value is -1.61. The Morgan fingerprint density at radius 3 is 1.20 bits per heavy atom. The minimum atomic E-state index is -4.60. The van der Waals surface area contributed by atoms with Gasteiger partial charge in [-0.15, -0.1) is 0 Å². The van der Waals surface area contributed by atoms with Gasteiger partial charge < -0.3 is 34.3 Å². The molecule has 6 atom stereocenters. The SMILES string of the molecule is CCCCCCCC/C=C/CCCCCCCCCCCC(=O)O[C@H](COC(=O)CCCCCCCCCCCCCCCCCCCCCCCC)CO[C@H]1O[C@H](CS(=O)(=O)O)[C@@H](O)C(O)C1O. The highest BCUT2D eigenvalue weighted by atomic mass is 32.2. The molecule has 0 aromatic heterocycles. The first-order chi connectivity index (χ1) is 33.5. The molecule has 0 amide bonds. The Kier molecular flexibility index (Phi) is 43.8. The normalized spacial score (nSPS) is 19.1. The third kappa shape index (κ3) is 40.5. The summed E-state index contributed by atoms with van der Waals surface area (Å²) in [6, 6.07) is 0. The summed E-state index contributed by atoms with van der Waals surface area (Å²) in [5.74, 6) is -1.96. The molecule has 1 saturated heterocycles. The molecule has 1 aliphatic heterocycles. The number of allylic oxidation sites excluding steroid dienone is 2. The third-order valence-electron chi connectivity index (χ3n) is 13.6. The topological polar surface area (TPSA) is 186 Å². The molecule has 0 aliphatic carbocycles. The van der Waals surface area contributed by atoms with Crippen molar-refractivity contribution in [3.05, 3.63) is 12.2 Å². The van der Waals surface area contributed by atoms with Crippen LogP contribution in [-0.4, -0.2) is 96.0 Å². The van der Waals surface area contributed by atoms with Gasteiger partial charge in [-0.25, -0.2) is 0 Å². The lowest BCUT2D eigenvalue weighted by Gasteiger charge is -2.40. The number of aliphatic hydroxyl groups excluding tert-OH is 3. The van der Waals surface area contributed by atoms with Crippen LogP contribution >= 0.6 is 0 Å². The summed E-state index contributed by atoms with van der Waals surface area (Å²) in [6.45, 7) is 3.82. The van der Waals surface area contributed by atoms with E-state index in [9.17, 15) is 37.9 Å². The number of unbranched alkanes of at least 4 members (excludes halogenated alkanes) is 36. The van der Waals surface area contributed by atoms with Crippen LogP contribution in [0.3, 0.4) is 0 Å². The van der Waals surface area contributed by atoms with Crippen LogP contribution in [0.25, 0.3) is 0 Å². The third-order valence-corrected chi connectivity index (χ3v) is 14.3. The second-order valence-corrected chi connectivity index (χ2v) is 21.8. The van der Waals surface area contributed by atoms with E-state index in [4.69, 9.17) is 18.9 Å². The molecule has 0 spiro atoms. The van der Waals surface area contributed by atoms with E-state index in [0.29, 0.717) is 12.8 Å². The van der Waals surface area contributed by atoms with E-state index in [1.165, 1.54) is 199 Å². The van der Waals surface area contributed by atoms with Gasteiger partial charge in [-0.1, -0.05) is 238 Å². The minimum Gasteiger partial charge on any atom is -0.462 e. The zero-order valence-electron chi connectivity index (χ0n) is 44.2. The predicted octanol–water partition coefficient (Wildman–Crippen LogP) is 13.7. The fraction of sp³-hybridized carbons (Fsp3) is 0.929. The lowest BCUT2D eigenvalue weighted by molar-refractivity contribution is -0.297. The molecular weight excluding hydrogens is 897 g/mol. The van der Waals surface area contributed by atoms with Crippen LogP contribution in [-0.2, 0) is 38.7 Å². The molecule has 0 bridgehead atoms. The summed E-state index contributed by atoms with van der Waals surface area (Å²) in [6.07, 6.45) is 44.0. The maximum absolute atomic E-state index is 12.9. The second-order valence-electron chi connectivity index (χ2n) is 20.3. The van der Waals surface area contributed by atoms with E-state index in [1.807, 2.05) is 0 Å². The smallest absolute Gasteiger partial charge is 0.306 e. The van der Waals surface area contributed by atoms with E-state index in [2.05, 4.69) is 26.0 Å². The Bertz CT molecular complexity index is 1310. The molecule has 408 valence electrons. The average molecular weight is 1000 g/mol. The molecule has 0 aromatic rings. The van der Waals surface area contributed by atoms with Crippen molar-refractivity contribution in [3.63, 3.8) is 0 Å². The monoisotopic (exact) mass is 1000 g/mol. The highest BCUT2D eigenvalue weighted by Crippen LogP contribution is 2.24. The summed E-state index contributed by atoms with van der Waals surface area (Å²) in [4.78, 5) is 25.6. The van der Waals surface area contributed by atoms with Crippen LogP contribution in [0.5, 0.6) is 0 Å². The molecule has 1 heterocycles. The maximum Gasteiger partial charge on any atom is 0.306 e. The molecule has 0 radical (unpaired) electrons. The maximum atomic E-state index is 12.9. The molecule has 1 aliphatic rings. The number of carbonyl (C=O) groups excluding carboxylic acids is 2. The van der Waals surface area contributed by atoms with E-state index < -0.39 is 71.2 Å². The van der Waals surface area contributed by atoms with Gasteiger partial charge in [-0.2, -0.15) is 8.42 Å². The van der Waals surface area contributed by atoms with Gasteiger partial charge in [0.1, 0.15) is 36.8 Å². The molecule has 0 aromatic carbocycles. The predicted molar refractivity (Wildman–Crippen MR) is 280 cm³/mol. The van der Waals surface area contributed by atoms with Gasteiger partial charge in [0.05, 0.1) is 6.61 Å². The number of esters is 2. The number of aliphatic hydroxyl groups is 3. The zero-order chi connectivity index (χ0) is 50.5. The number of rotatable bonds is 50. The van der Waals surface area contributed by atoms with E-state index >= 15 is 0 Å². The highest BCUT2D eigenvalue weighted by Gasteiger charge is 2.46. The molecule has 12 nitrogen and oxygen atoms in total. The second kappa shape index (κ2) is 46.2. The fourth-order valence-corrected chi connectivity index (χ4v) is 9.84. The minimum absolute atomic E-state index is 0.167. The highest BCUT2D eigenvalue weighted by molar-refractivity contribution is 7.85. The molecule has 1 fully saturated rings. The molecule has 0 saturated carbocycles. The zero-order valence-corrected chi connectivity index (χ0v) is 45.0. The standard InChI is InChI=1S/C56H106O12S/c1-3-5-7-9-11-13-15-17-19-21-23-24-25-27-28-30-32-34-36-38-40-42-44-51(57)65-46-49(47-66-56-55(61)54(60)53(59)50(68-56)48-69(62,63)64)67-52(58)45-43-41-39-37-35-33-31-29-26-22-20-18-16-14-12-10-8-6-4-2/h18,20,49-50,53-56,59-61H,3-17,19,21-48H2,1-2H3,(H,62,63,64)/b20-18+/t49-,50-,53-,54?,55?,56+/m1/s1. The summed E-state index contributed by atoms with van der Waals surface area (Å²) >= 11 is 0. The lowest BCUT2D eigenvalue weighted by Crippen LogP contribution is -2.60. The molecule has 69 heavy (non-hydrogen) atoms. The van der Waals surface area contributed by atoms with Crippen molar-refractivity contribution in [3.8, 4) is 0 Å². The first-order valence-electron chi connectivity index (χ1n) is 28.7. The van der Waals surface area contributed by atoms with Crippen LogP contribution in [0.2, 0.25) is 0 Å². The number of ether oxygens (including phenoxy) is 4. The van der Waals surface area contributed by atoms with Crippen molar-refractivity contribution in [2.75, 3.05) is 19.0 Å².